The Labute approximate surface area is 101 Å². The smallest absolute Gasteiger partial charge is 0.158 e. The molecule has 0 amide bonds. The van der Waals surface area contributed by atoms with E-state index in [1.807, 2.05) is 20.8 Å². The maximum atomic E-state index is 9.60. The molecule has 0 bridgehead atoms. The van der Waals surface area contributed by atoms with Gasteiger partial charge < -0.3 is 10.2 Å². The van der Waals surface area contributed by atoms with Gasteiger partial charge in [0.15, 0.2) is 11.5 Å². The third kappa shape index (κ3) is 2.11. The van der Waals surface area contributed by atoms with Gasteiger partial charge in [-0.2, -0.15) is 0 Å². The maximum absolute atomic E-state index is 9.60. The van der Waals surface area contributed by atoms with Crippen LogP contribution >= 0.6 is 0 Å². The van der Waals surface area contributed by atoms with E-state index in [-0.39, 0.29) is 11.5 Å². The minimum Gasteiger partial charge on any atom is -0.504 e. The third-order valence-electron chi connectivity index (χ3n) is 3.00. The molecule has 0 heterocycles. The van der Waals surface area contributed by atoms with Crippen molar-refractivity contribution >= 4 is 0 Å². The van der Waals surface area contributed by atoms with Gasteiger partial charge in [-0.25, -0.2) is 0 Å². The first-order valence-electron chi connectivity index (χ1n) is 5.59. The summed E-state index contributed by atoms with van der Waals surface area (Å²) in [6.45, 7) is 6.01. The number of aryl methyl sites for hydroxylation is 3. The summed E-state index contributed by atoms with van der Waals surface area (Å²) in [5.74, 6) is -0.150. The minimum atomic E-state index is -0.0773. The lowest BCUT2D eigenvalue weighted by molar-refractivity contribution is 0.403. The molecule has 0 unspecified atom stereocenters. The molecule has 0 aliphatic rings. The average molecular weight is 228 g/mol. The molecule has 0 atom stereocenters. The van der Waals surface area contributed by atoms with Gasteiger partial charge in [-0.1, -0.05) is 23.8 Å². The molecule has 2 aromatic carbocycles. The van der Waals surface area contributed by atoms with E-state index in [0.29, 0.717) is 0 Å². The van der Waals surface area contributed by atoms with Crippen molar-refractivity contribution in [1.82, 2.24) is 0 Å². The van der Waals surface area contributed by atoms with Crippen molar-refractivity contribution in [3.8, 4) is 22.6 Å². The number of benzene rings is 2. The molecule has 0 aliphatic carbocycles. The Morgan fingerprint density at radius 1 is 0.706 bits per heavy atom. The number of hydrogen-bond acceptors (Lipinski definition) is 2. The van der Waals surface area contributed by atoms with Crippen LogP contribution in [0.25, 0.3) is 11.1 Å². The zero-order valence-corrected chi connectivity index (χ0v) is 10.3. The molecular weight excluding hydrogens is 212 g/mol. The van der Waals surface area contributed by atoms with E-state index in [4.69, 9.17) is 0 Å². The summed E-state index contributed by atoms with van der Waals surface area (Å²) in [6, 6.07) is 9.43. The predicted octanol–water partition coefficient (Wildman–Crippen LogP) is 3.69. The van der Waals surface area contributed by atoms with Gasteiger partial charge in [0, 0.05) is 0 Å². The van der Waals surface area contributed by atoms with Crippen LogP contribution in [0.15, 0.2) is 30.3 Å². The van der Waals surface area contributed by atoms with Crippen LogP contribution in [0, 0.1) is 20.8 Å². The van der Waals surface area contributed by atoms with Gasteiger partial charge in [-0.15, -0.1) is 0 Å². The number of aromatic hydroxyl groups is 2. The highest BCUT2D eigenvalue weighted by Gasteiger charge is 2.09. The molecule has 0 saturated carbocycles. The number of phenols is 2. The van der Waals surface area contributed by atoms with E-state index in [9.17, 15) is 10.2 Å². The third-order valence-corrected chi connectivity index (χ3v) is 3.00. The van der Waals surface area contributed by atoms with E-state index in [1.54, 1.807) is 12.1 Å². The second-order valence-electron chi connectivity index (χ2n) is 4.47. The lowest BCUT2D eigenvalue weighted by Gasteiger charge is -2.11. The van der Waals surface area contributed by atoms with Crippen molar-refractivity contribution in [2.45, 2.75) is 20.8 Å². The van der Waals surface area contributed by atoms with Gasteiger partial charge in [0.2, 0.25) is 0 Å². The SMILES string of the molecule is Cc1ccc(C)c(-c2cc(O)c(O)cc2C)c1. The Morgan fingerprint density at radius 3 is 2.00 bits per heavy atom. The second-order valence-corrected chi connectivity index (χ2v) is 4.47. The summed E-state index contributed by atoms with van der Waals surface area (Å²) >= 11 is 0. The summed E-state index contributed by atoms with van der Waals surface area (Å²) in [4.78, 5) is 0. The van der Waals surface area contributed by atoms with Gasteiger partial charge in [-0.3, -0.25) is 0 Å². The zero-order chi connectivity index (χ0) is 12.6. The molecule has 0 saturated heterocycles. The molecule has 2 heteroatoms. The van der Waals surface area contributed by atoms with E-state index in [0.717, 1.165) is 22.3 Å². The van der Waals surface area contributed by atoms with Gasteiger partial charge in [0.05, 0.1) is 0 Å². The van der Waals surface area contributed by atoms with Crippen molar-refractivity contribution in [1.29, 1.82) is 0 Å². The molecular formula is C15H16O2. The number of phenolic OH excluding ortho intramolecular Hbond substituents is 2. The lowest BCUT2D eigenvalue weighted by Crippen LogP contribution is -1.88. The summed E-state index contributed by atoms with van der Waals surface area (Å²) in [5.41, 5.74) is 5.34. The first-order valence-corrected chi connectivity index (χ1v) is 5.59. The molecule has 2 rings (SSSR count). The topological polar surface area (TPSA) is 40.5 Å². The molecule has 0 fully saturated rings. The van der Waals surface area contributed by atoms with Crippen LogP contribution in [-0.4, -0.2) is 10.2 Å². The van der Waals surface area contributed by atoms with Crippen molar-refractivity contribution in [3.05, 3.63) is 47.0 Å². The van der Waals surface area contributed by atoms with Crippen molar-refractivity contribution in [3.63, 3.8) is 0 Å². The fourth-order valence-electron chi connectivity index (χ4n) is 2.00. The first kappa shape index (κ1) is 11.5. The van der Waals surface area contributed by atoms with Crippen molar-refractivity contribution in [2.75, 3.05) is 0 Å². The van der Waals surface area contributed by atoms with E-state index in [1.165, 1.54) is 5.56 Å². The van der Waals surface area contributed by atoms with Gasteiger partial charge in [0.25, 0.3) is 0 Å². The monoisotopic (exact) mass is 228 g/mol. The molecule has 0 aliphatic heterocycles. The van der Waals surface area contributed by atoms with E-state index < -0.39 is 0 Å². The fourth-order valence-corrected chi connectivity index (χ4v) is 2.00. The van der Waals surface area contributed by atoms with E-state index >= 15 is 0 Å². The van der Waals surface area contributed by atoms with E-state index in [2.05, 4.69) is 18.2 Å². The van der Waals surface area contributed by atoms with Crippen LogP contribution in [0.5, 0.6) is 11.5 Å². The van der Waals surface area contributed by atoms with Gasteiger partial charge in [-0.05, 0) is 55.2 Å². The summed E-state index contributed by atoms with van der Waals surface area (Å²) < 4.78 is 0. The highest BCUT2D eigenvalue weighted by atomic mass is 16.3. The molecule has 17 heavy (non-hydrogen) atoms. The Hall–Kier alpha value is -1.96. The Morgan fingerprint density at radius 2 is 1.29 bits per heavy atom. The molecule has 2 nitrogen and oxygen atoms in total. The molecule has 2 aromatic rings. The van der Waals surface area contributed by atoms with Crippen LogP contribution in [-0.2, 0) is 0 Å². The lowest BCUT2D eigenvalue weighted by atomic mass is 9.94. The second kappa shape index (κ2) is 4.13. The van der Waals surface area contributed by atoms with Crippen LogP contribution in [0.4, 0.5) is 0 Å². The molecule has 0 aromatic heterocycles. The highest BCUT2D eigenvalue weighted by Crippen LogP contribution is 2.35. The summed E-state index contributed by atoms with van der Waals surface area (Å²) in [6.07, 6.45) is 0. The van der Waals surface area contributed by atoms with Crippen molar-refractivity contribution < 1.29 is 10.2 Å². The standard InChI is InChI=1S/C15H16O2/c1-9-4-5-10(2)12(6-9)13-8-15(17)14(16)7-11(13)3/h4-8,16-17H,1-3H3. The first-order chi connectivity index (χ1) is 7.99. The number of rotatable bonds is 1. The van der Waals surface area contributed by atoms with Gasteiger partial charge in [0.1, 0.15) is 0 Å². The highest BCUT2D eigenvalue weighted by molar-refractivity contribution is 5.73. The molecule has 2 N–H and O–H groups in total. The van der Waals surface area contributed by atoms with Crippen LogP contribution in [0.1, 0.15) is 16.7 Å². The molecule has 0 radical (unpaired) electrons. The average Bonchev–Trinajstić information content (AvgIpc) is 2.27. The van der Waals surface area contributed by atoms with Crippen LogP contribution < -0.4 is 0 Å². The molecule has 0 spiro atoms. The zero-order valence-electron chi connectivity index (χ0n) is 10.3. The Bertz CT molecular complexity index is 571. The minimum absolute atomic E-state index is 0.0726. The predicted molar refractivity (Wildman–Crippen MR) is 69.4 cm³/mol. The molecule has 88 valence electrons. The van der Waals surface area contributed by atoms with Crippen LogP contribution in [0.3, 0.4) is 0 Å². The Kier molecular flexibility index (Phi) is 2.80. The number of hydrogen-bond donors (Lipinski definition) is 2. The van der Waals surface area contributed by atoms with Gasteiger partial charge >= 0.3 is 0 Å². The van der Waals surface area contributed by atoms with Crippen LogP contribution in [0.2, 0.25) is 0 Å². The summed E-state index contributed by atoms with van der Waals surface area (Å²) in [5, 5.41) is 19.0. The normalized spacial score (nSPS) is 10.5. The maximum Gasteiger partial charge on any atom is 0.158 e. The van der Waals surface area contributed by atoms with Crippen molar-refractivity contribution in [2.24, 2.45) is 0 Å². The fraction of sp³-hybridized carbons (Fsp3) is 0.200. The Balaban J connectivity index is 2.68. The summed E-state index contributed by atoms with van der Waals surface area (Å²) in [7, 11) is 0. The largest absolute Gasteiger partial charge is 0.504 e. The quantitative estimate of drug-likeness (QED) is 0.731.